The van der Waals surface area contributed by atoms with Gasteiger partial charge in [0.05, 0.1) is 6.54 Å². The Hall–Kier alpha value is -2.91. The number of amides is 1. The molecule has 1 aromatic carbocycles. The molecule has 0 bridgehead atoms. The molecule has 2 heterocycles. The second kappa shape index (κ2) is 7.77. The van der Waals surface area contributed by atoms with E-state index in [0.717, 1.165) is 0 Å². The average Bonchev–Trinajstić information content (AvgIpc) is 3.27. The van der Waals surface area contributed by atoms with Gasteiger partial charge in [-0.05, 0) is 25.1 Å². The fourth-order valence-electron chi connectivity index (χ4n) is 2.23. The number of nitrogens with one attached hydrogen (secondary N) is 1. The van der Waals surface area contributed by atoms with E-state index in [1.165, 1.54) is 34.9 Å². The summed E-state index contributed by atoms with van der Waals surface area (Å²) in [7, 11) is 0. The molecule has 1 atom stereocenters. The van der Waals surface area contributed by atoms with E-state index in [0.29, 0.717) is 15.6 Å². The molecule has 2 N–H and O–H groups in total. The van der Waals surface area contributed by atoms with Crippen molar-refractivity contribution >= 4 is 41.0 Å². The van der Waals surface area contributed by atoms with E-state index >= 15 is 0 Å². The first-order valence-electron chi connectivity index (χ1n) is 7.77. The normalized spacial score (nSPS) is 12.0. The standard InChI is InChI=1S/C16H14Cl2N6O3/c1-9(15(26)27)24-6-5-13(21-24)14(25)20-16-19-8-23(22-16)7-10-11(17)3-2-4-12(10)18/h2-6,8-9H,7H2,1H3,(H,26,27)(H,20,22,25). The molecule has 0 aliphatic carbocycles. The van der Waals surface area contributed by atoms with Crippen LogP contribution in [0.15, 0.2) is 36.8 Å². The zero-order valence-electron chi connectivity index (χ0n) is 14.0. The van der Waals surface area contributed by atoms with Gasteiger partial charge in [0.2, 0.25) is 5.95 Å². The first-order valence-corrected chi connectivity index (χ1v) is 8.52. The maximum absolute atomic E-state index is 12.2. The summed E-state index contributed by atoms with van der Waals surface area (Å²) in [6.45, 7) is 1.74. The maximum atomic E-state index is 12.2. The van der Waals surface area contributed by atoms with Crippen molar-refractivity contribution in [2.45, 2.75) is 19.5 Å². The number of halogens is 2. The van der Waals surface area contributed by atoms with Crippen LogP contribution >= 0.6 is 23.2 Å². The minimum atomic E-state index is -1.05. The Bertz CT molecular complexity index is 979. The Morgan fingerprint density at radius 2 is 1.93 bits per heavy atom. The van der Waals surface area contributed by atoms with E-state index < -0.39 is 17.9 Å². The van der Waals surface area contributed by atoms with Gasteiger partial charge in [0.1, 0.15) is 12.4 Å². The topological polar surface area (TPSA) is 115 Å². The first kappa shape index (κ1) is 18.9. The predicted molar refractivity (Wildman–Crippen MR) is 98.1 cm³/mol. The third kappa shape index (κ3) is 4.26. The highest BCUT2D eigenvalue weighted by molar-refractivity contribution is 6.35. The number of aliphatic carboxylic acids is 1. The number of carbonyl (C=O) groups excluding carboxylic acids is 1. The van der Waals surface area contributed by atoms with Gasteiger partial charge < -0.3 is 5.11 Å². The summed E-state index contributed by atoms with van der Waals surface area (Å²) in [6, 6.07) is 5.71. The van der Waals surface area contributed by atoms with Crippen LogP contribution in [0.4, 0.5) is 5.95 Å². The van der Waals surface area contributed by atoms with Crippen LogP contribution in [0.1, 0.15) is 29.0 Å². The molecule has 3 aromatic rings. The predicted octanol–water partition coefficient (Wildman–Crippen LogP) is 2.73. The van der Waals surface area contributed by atoms with Gasteiger partial charge in [0.15, 0.2) is 5.69 Å². The summed E-state index contributed by atoms with van der Waals surface area (Å²) in [4.78, 5) is 27.2. The summed E-state index contributed by atoms with van der Waals surface area (Å²) in [5, 5.41) is 20.6. The van der Waals surface area contributed by atoms with Gasteiger partial charge in [-0.1, -0.05) is 29.3 Å². The molecule has 2 aromatic heterocycles. The molecule has 0 aliphatic rings. The van der Waals surface area contributed by atoms with Crippen molar-refractivity contribution in [2.24, 2.45) is 0 Å². The molecule has 1 amide bonds. The number of carboxylic acids is 1. The van der Waals surface area contributed by atoms with Gasteiger partial charge in [-0.25, -0.2) is 14.5 Å². The lowest BCUT2D eigenvalue weighted by atomic mass is 10.2. The van der Waals surface area contributed by atoms with Crippen molar-refractivity contribution < 1.29 is 14.7 Å². The van der Waals surface area contributed by atoms with E-state index in [-0.39, 0.29) is 18.2 Å². The van der Waals surface area contributed by atoms with E-state index in [4.69, 9.17) is 28.3 Å². The third-order valence-corrected chi connectivity index (χ3v) is 4.45. The number of aromatic nitrogens is 5. The molecular formula is C16H14Cl2N6O3. The Morgan fingerprint density at radius 1 is 1.22 bits per heavy atom. The lowest BCUT2D eigenvalue weighted by Crippen LogP contribution is -2.18. The van der Waals surface area contributed by atoms with Gasteiger partial charge in [0, 0.05) is 21.8 Å². The number of rotatable bonds is 6. The van der Waals surface area contributed by atoms with Crippen LogP contribution in [-0.4, -0.2) is 41.5 Å². The fourth-order valence-corrected chi connectivity index (χ4v) is 2.74. The van der Waals surface area contributed by atoms with Crippen molar-refractivity contribution in [3.05, 3.63) is 58.1 Å². The molecule has 0 radical (unpaired) electrons. The Balaban J connectivity index is 1.69. The van der Waals surface area contributed by atoms with E-state index in [1.54, 1.807) is 18.2 Å². The number of hydrogen-bond acceptors (Lipinski definition) is 5. The highest BCUT2D eigenvalue weighted by Crippen LogP contribution is 2.24. The third-order valence-electron chi connectivity index (χ3n) is 3.74. The Labute approximate surface area is 163 Å². The van der Waals surface area contributed by atoms with Crippen LogP contribution < -0.4 is 5.32 Å². The zero-order valence-corrected chi connectivity index (χ0v) is 15.5. The molecule has 0 aliphatic heterocycles. The molecule has 1 unspecified atom stereocenters. The maximum Gasteiger partial charge on any atom is 0.328 e. The number of nitrogens with zero attached hydrogens (tertiary/aromatic N) is 5. The Kier molecular flexibility index (Phi) is 5.43. The summed E-state index contributed by atoms with van der Waals surface area (Å²) in [6.07, 6.45) is 2.85. The first-order chi connectivity index (χ1) is 12.8. The van der Waals surface area contributed by atoms with Crippen LogP contribution in [-0.2, 0) is 11.3 Å². The largest absolute Gasteiger partial charge is 0.480 e. The molecule has 0 saturated carbocycles. The molecule has 11 heteroatoms. The number of anilines is 1. The fraction of sp³-hybridized carbons (Fsp3) is 0.188. The number of benzene rings is 1. The monoisotopic (exact) mass is 408 g/mol. The zero-order chi connectivity index (χ0) is 19.6. The van der Waals surface area contributed by atoms with Gasteiger partial charge in [0.25, 0.3) is 5.91 Å². The molecule has 0 fully saturated rings. The van der Waals surface area contributed by atoms with Gasteiger partial charge >= 0.3 is 5.97 Å². The molecule has 3 rings (SSSR count). The van der Waals surface area contributed by atoms with Gasteiger partial charge in [-0.2, -0.15) is 5.10 Å². The van der Waals surface area contributed by atoms with Crippen molar-refractivity contribution in [2.75, 3.05) is 5.32 Å². The van der Waals surface area contributed by atoms with E-state index in [9.17, 15) is 9.59 Å². The quantitative estimate of drug-likeness (QED) is 0.647. The average molecular weight is 409 g/mol. The minimum Gasteiger partial charge on any atom is -0.480 e. The highest BCUT2D eigenvalue weighted by atomic mass is 35.5. The van der Waals surface area contributed by atoms with Crippen LogP contribution in [0.25, 0.3) is 0 Å². The van der Waals surface area contributed by atoms with Crippen molar-refractivity contribution in [3.63, 3.8) is 0 Å². The van der Waals surface area contributed by atoms with Crippen molar-refractivity contribution in [3.8, 4) is 0 Å². The molecule has 27 heavy (non-hydrogen) atoms. The lowest BCUT2D eigenvalue weighted by Gasteiger charge is -2.06. The van der Waals surface area contributed by atoms with Crippen molar-refractivity contribution in [1.29, 1.82) is 0 Å². The van der Waals surface area contributed by atoms with Gasteiger partial charge in [-0.3, -0.25) is 14.8 Å². The van der Waals surface area contributed by atoms with E-state index in [2.05, 4.69) is 20.5 Å². The molecule has 0 saturated heterocycles. The molecule has 9 nitrogen and oxygen atoms in total. The van der Waals surface area contributed by atoms with Crippen LogP contribution in [0, 0.1) is 0 Å². The SMILES string of the molecule is CC(C(=O)O)n1ccc(C(=O)Nc2ncn(Cc3c(Cl)cccc3Cl)n2)n1. The van der Waals surface area contributed by atoms with Crippen molar-refractivity contribution in [1.82, 2.24) is 24.5 Å². The van der Waals surface area contributed by atoms with Crippen LogP contribution in [0.3, 0.4) is 0 Å². The second-order valence-corrected chi connectivity index (χ2v) is 6.43. The smallest absolute Gasteiger partial charge is 0.328 e. The van der Waals surface area contributed by atoms with Crippen LogP contribution in [0.2, 0.25) is 10.0 Å². The van der Waals surface area contributed by atoms with E-state index in [1.807, 2.05) is 0 Å². The number of carbonyl (C=O) groups is 2. The number of carboxylic acid groups (broad SMARTS) is 1. The summed E-state index contributed by atoms with van der Waals surface area (Å²) in [5.41, 5.74) is 0.735. The second-order valence-electron chi connectivity index (χ2n) is 5.62. The summed E-state index contributed by atoms with van der Waals surface area (Å²) < 4.78 is 2.66. The molecule has 0 spiro atoms. The summed E-state index contributed by atoms with van der Waals surface area (Å²) in [5.74, 6) is -1.53. The minimum absolute atomic E-state index is 0.0496. The van der Waals surface area contributed by atoms with Crippen LogP contribution in [0.5, 0.6) is 0 Å². The molecular weight excluding hydrogens is 395 g/mol. The lowest BCUT2D eigenvalue weighted by molar-refractivity contribution is -0.140. The van der Waals surface area contributed by atoms with Gasteiger partial charge in [-0.15, -0.1) is 5.10 Å². The molecule has 140 valence electrons. The summed E-state index contributed by atoms with van der Waals surface area (Å²) >= 11 is 12.3. The number of hydrogen-bond donors (Lipinski definition) is 2. The highest BCUT2D eigenvalue weighted by Gasteiger charge is 2.18. The Morgan fingerprint density at radius 3 is 2.59 bits per heavy atom.